The van der Waals surface area contributed by atoms with Crippen LogP contribution in [0.3, 0.4) is 0 Å². The van der Waals surface area contributed by atoms with Crippen LogP contribution in [0.4, 0.5) is 0 Å². The molecule has 2 atom stereocenters. The summed E-state index contributed by atoms with van der Waals surface area (Å²) in [7, 11) is 1.80. The van der Waals surface area contributed by atoms with Crippen molar-refractivity contribution in [1.29, 1.82) is 0 Å². The van der Waals surface area contributed by atoms with E-state index >= 15 is 0 Å². The van der Waals surface area contributed by atoms with E-state index in [2.05, 4.69) is 54.1 Å². The van der Waals surface area contributed by atoms with Crippen LogP contribution in [0.15, 0.2) is 30.3 Å². The van der Waals surface area contributed by atoms with Crippen LogP contribution in [0.2, 0.25) is 0 Å². The first-order chi connectivity index (χ1) is 10.2. The minimum atomic E-state index is 0.282. The minimum Gasteiger partial charge on any atom is -0.380 e. The zero-order chi connectivity index (χ0) is 14.8. The molecule has 1 aliphatic heterocycles. The summed E-state index contributed by atoms with van der Waals surface area (Å²) in [6, 6.07) is 10.9. The summed E-state index contributed by atoms with van der Waals surface area (Å²) in [5, 5.41) is 0. The van der Waals surface area contributed by atoms with Gasteiger partial charge in [-0.2, -0.15) is 0 Å². The number of aromatic amines is 1. The molecule has 3 rings (SSSR count). The van der Waals surface area contributed by atoms with Gasteiger partial charge in [0.1, 0.15) is 5.82 Å². The lowest BCUT2D eigenvalue weighted by Gasteiger charge is -2.22. The van der Waals surface area contributed by atoms with Crippen molar-refractivity contribution in [2.45, 2.75) is 39.0 Å². The van der Waals surface area contributed by atoms with E-state index in [-0.39, 0.29) is 6.10 Å². The van der Waals surface area contributed by atoms with E-state index in [1.165, 1.54) is 5.56 Å². The quantitative estimate of drug-likeness (QED) is 0.939. The van der Waals surface area contributed by atoms with Crippen molar-refractivity contribution in [2.24, 2.45) is 0 Å². The molecule has 0 saturated carbocycles. The molecule has 0 spiro atoms. The first-order valence-electron chi connectivity index (χ1n) is 7.51. The van der Waals surface area contributed by atoms with Crippen molar-refractivity contribution in [2.75, 3.05) is 13.7 Å². The maximum Gasteiger partial charge on any atom is 0.124 e. The monoisotopic (exact) mass is 285 g/mol. The van der Waals surface area contributed by atoms with Crippen molar-refractivity contribution in [3.8, 4) is 0 Å². The fourth-order valence-corrected chi connectivity index (χ4v) is 3.04. The Morgan fingerprint density at radius 1 is 1.29 bits per heavy atom. The normalized spacial score (nSPS) is 22.8. The third-order valence-electron chi connectivity index (χ3n) is 4.39. The number of imidazole rings is 1. The topological polar surface area (TPSA) is 41.1 Å². The number of ether oxygens (including phenoxy) is 1. The molecule has 112 valence electrons. The highest BCUT2D eigenvalue weighted by Gasteiger charge is 2.35. The zero-order valence-corrected chi connectivity index (χ0v) is 13.0. The van der Waals surface area contributed by atoms with Crippen LogP contribution in [-0.2, 0) is 11.3 Å². The van der Waals surface area contributed by atoms with Crippen LogP contribution in [0, 0.1) is 13.8 Å². The molecule has 21 heavy (non-hydrogen) atoms. The standard InChI is InChI=1S/C17H23N3O/c1-12-13(2)19-17(18-12)16-9-15(21-3)11-20(16)10-14-7-5-4-6-8-14/h4-8,15-16H,9-11H2,1-3H3,(H,18,19)/t15-,16+/m1/s1. The van der Waals surface area contributed by atoms with Crippen molar-refractivity contribution >= 4 is 0 Å². The molecule has 1 aromatic heterocycles. The number of nitrogens with one attached hydrogen (secondary N) is 1. The predicted molar refractivity (Wildman–Crippen MR) is 83.1 cm³/mol. The fourth-order valence-electron chi connectivity index (χ4n) is 3.04. The van der Waals surface area contributed by atoms with Crippen molar-refractivity contribution in [3.63, 3.8) is 0 Å². The Balaban J connectivity index is 1.82. The lowest BCUT2D eigenvalue weighted by molar-refractivity contribution is 0.107. The number of aromatic nitrogens is 2. The molecule has 4 heteroatoms. The highest BCUT2D eigenvalue weighted by molar-refractivity contribution is 5.18. The number of methoxy groups -OCH3 is 1. The van der Waals surface area contributed by atoms with Crippen molar-refractivity contribution < 1.29 is 4.74 Å². The number of rotatable bonds is 4. The van der Waals surface area contributed by atoms with E-state index in [4.69, 9.17) is 9.72 Å². The third-order valence-corrected chi connectivity index (χ3v) is 4.39. The molecule has 0 amide bonds. The summed E-state index contributed by atoms with van der Waals surface area (Å²) < 4.78 is 5.58. The van der Waals surface area contributed by atoms with Crippen molar-refractivity contribution in [3.05, 3.63) is 53.1 Å². The average molecular weight is 285 g/mol. The number of likely N-dealkylation sites (tertiary alicyclic amines) is 1. The van der Waals surface area contributed by atoms with Gasteiger partial charge < -0.3 is 9.72 Å². The van der Waals surface area contributed by atoms with Crippen LogP contribution >= 0.6 is 0 Å². The molecule has 1 fully saturated rings. The Bertz CT molecular complexity index is 574. The summed E-state index contributed by atoms with van der Waals surface area (Å²) in [5.74, 6) is 1.07. The van der Waals surface area contributed by atoms with E-state index in [1.807, 2.05) is 0 Å². The molecule has 0 bridgehead atoms. The van der Waals surface area contributed by atoms with Gasteiger partial charge in [0, 0.05) is 25.9 Å². The molecular formula is C17H23N3O. The second kappa shape index (κ2) is 6.00. The number of benzene rings is 1. The minimum absolute atomic E-state index is 0.282. The molecule has 4 nitrogen and oxygen atoms in total. The molecule has 1 aliphatic rings. The van der Waals surface area contributed by atoms with Gasteiger partial charge in [0.25, 0.3) is 0 Å². The molecule has 1 N–H and O–H groups in total. The van der Waals surface area contributed by atoms with Gasteiger partial charge in [-0.1, -0.05) is 30.3 Å². The Hall–Kier alpha value is -1.65. The largest absolute Gasteiger partial charge is 0.380 e. The SMILES string of the molecule is CO[C@@H]1C[C@@H](c2nc(C)c(C)[nH]2)N(Cc2ccccc2)C1. The summed E-state index contributed by atoms with van der Waals surface area (Å²) in [5.41, 5.74) is 3.58. The third kappa shape index (κ3) is 3.01. The smallest absolute Gasteiger partial charge is 0.124 e. The van der Waals surface area contributed by atoms with Crippen LogP contribution in [0.25, 0.3) is 0 Å². The van der Waals surface area contributed by atoms with Crippen LogP contribution in [0.5, 0.6) is 0 Å². The number of hydrogen-bond donors (Lipinski definition) is 1. The summed E-state index contributed by atoms with van der Waals surface area (Å²) >= 11 is 0. The van der Waals surface area contributed by atoms with Gasteiger partial charge in [-0.25, -0.2) is 4.98 Å². The summed E-state index contributed by atoms with van der Waals surface area (Å²) in [6.07, 6.45) is 1.28. The van der Waals surface area contributed by atoms with Crippen LogP contribution in [-0.4, -0.2) is 34.6 Å². The van der Waals surface area contributed by atoms with Crippen LogP contribution in [0.1, 0.15) is 35.2 Å². The first kappa shape index (κ1) is 14.3. The first-order valence-corrected chi connectivity index (χ1v) is 7.51. The Labute approximate surface area is 126 Å². The molecule has 1 aromatic carbocycles. The van der Waals surface area contributed by atoms with Gasteiger partial charge in [0.05, 0.1) is 17.8 Å². The van der Waals surface area contributed by atoms with Crippen molar-refractivity contribution in [1.82, 2.24) is 14.9 Å². The van der Waals surface area contributed by atoms with E-state index in [0.717, 1.165) is 36.7 Å². The zero-order valence-electron chi connectivity index (χ0n) is 13.0. The van der Waals surface area contributed by atoms with Gasteiger partial charge >= 0.3 is 0 Å². The lowest BCUT2D eigenvalue weighted by atomic mass is 10.1. The van der Waals surface area contributed by atoms with Gasteiger partial charge in [0.15, 0.2) is 0 Å². The molecule has 2 heterocycles. The van der Waals surface area contributed by atoms with E-state index in [1.54, 1.807) is 7.11 Å². The van der Waals surface area contributed by atoms with Crippen LogP contribution < -0.4 is 0 Å². The second-order valence-electron chi connectivity index (χ2n) is 5.86. The molecule has 2 aromatic rings. The highest BCUT2D eigenvalue weighted by Crippen LogP contribution is 2.33. The Morgan fingerprint density at radius 2 is 2.05 bits per heavy atom. The maximum absolute atomic E-state index is 5.58. The molecule has 0 aliphatic carbocycles. The summed E-state index contributed by atoms with van der Waals surface area (Å²) in [6.45, 7) is 6.02. The van der Waals surface area contributed by atoms with Gasteiger partial charge in [-0.15, -0.1) is 0 Å². The van der Waals surface area contributed by atoms with E-state index in [9.17, 15) is 0 Å². The van der Waals surface area contributed by atoms with E-state index < -0.39 is 0 Å². The Kier molecular flexibility index (Phi) is 4.08. The predicted octanol–water partition coefficient (Wildman–Crippen LogP) is 2.99. The highest BCUT2D eigenvalue weighted by atomic mass is 16.5. The molecule has 0 radical (unpaired) electrons. The molecule has 0 unspecified atom stereocenters. The average Bonchev–Trinajstić information content (AvgIpc) is 3.04. The maximum atomic E-state index is 5.58. The van der Waals surface area contributed by atoms with Gasteiger partial charge in [-0.3, -0.25) is 4.90 Å². The fraction of sp³-hybridized carbons (Fsp3) is 0.471. The van der Waals surface area contributed by atoms with Gasteiger partial charge in [0.2, 0.25) is 0 Å². The summed E-state index contributed by atoms with van der Waals surface area (Å²) in [4.78, 5) is 10.6. The number of nitrogens with zero attached hydrogens (tertiary/aromatic N) is 2. The molecular weight excluding hydrogens is 262 g/mol. The van der Waals surface area contributed by atoms with Gasteiger partial charge in [-0.05, 0) is 25.8 Å². The number of H-pyrrole nitrogens is 1. The molecule has 1 saturated heterocycles. The lowest BCUT2D eigenvalue weighted by Crippen LogP contribution is -2.25. The van der Waals surface area contributed by atoms with E-state index in [0.29, 0.717) is 6.04 Å². The second-order valence-corrected chi connectivity index (χ2v) is 5.86. The number of hydrogen-bond acceptors (Lipinski definition) is 3. The number of aryl methyl sites for hydroxylation is 2. The Morgan fingerprint density at radius 3 is 2.67 bits per heavy atom.